The molecule has 6 heteroatoms. The van der Waals surface area contributed by atoms with Gasteiger partial charge in [-0.2, -0.15) is 0 Å². The van der Waals surface area contributed by atoms with Gasteiger partial charge in [0.1, 0.15) is 0 Å². The zero-order valence-electron chi connectivity index (χ0n) is 12.5. The molecule has 1 aromatic rings. The molecule has 0 bridgehead atoms. The van der Waals surface area contributed by atoms with Crippen molar-refractivity contribution < 1.29 is 13.0 Å². The van der Waals surface area contributed by atoms with E-state index in [2.05, 4.69) is 26.8 Å². The van der Waals surface area contributed by atoms with Gasteiger partial charge in [-0.3, -0.25) is 0 Å². The van der Waals surface area contributed by atoms with Gasteiger partial charge in [-0.1, -0.05) is 0 Å². The molecule has 2 atom stereocenters. The Kier molecular flexibility index (Phi) is 5.07. The predicted molar refractivity (Wildman–Crippen MR) is 81.9 cm³/mol. The monoisotopic (exact) mass is 321 g/mol. The van der Waals surface area contributed by atoms with Crippen LogP contribution in [-0.4, -0.2) is 72.8 Å². The van der Waals surface area contributed by atoms with Crippen molar-refractivity contribution in [2.45, 2.75) is 44.5 Å². The molecule has 1 N–H and O–H groups in total. The summed E-state index contributed by atoms with van der Waals surface area (Å²) in [6.45, 7) is 6.28. The fourth-order valence-corrected chi connectivity index (χ4v) is 7.11. The second-order valence-electron chi connectivity index (χ2n) is 6.22. The Bertz CT molecular complexity index is 600. The quantitative estimate of drug-likeness (QED) is 0.687. The first kappa shape index (κ1) is 16.9. The van der Waals surface area contributed by atoms with E-state index in [4.69, 9.17) is 0 Å². The third-order valence-electron chi connectivity index (χ3n) is 4.17. The minimum atomic E-state index is -4.07. The number of anilines is 1. The summed E-state index contributed by atoms with van der Waals surface area (Å²) in [5.74, 6) is 0.387. The van der Waals surface area contributed by atoms with Crippen molar-refractivity contribution in [3.8, 4) is 0 Å². The molecule has 106 valence electrons. The van der Waals surface area contributed by atoms with Crippen molar-refractivity contribution in [3.05, 3.63) is 29.8 Å². The average molecular weight is 321 g/mol. The first-order valence-electron chi connectivity index (χ1n) is 7.03. The van der Waals surface area contributed by atoms with Gasteiger partial charge < -0.3 is 0 Å². The second kappa shape index (κ2) is 5.99. The van der Waals surface area contributed by atoms with Crippen LogP contribution in [0.5, 0.6) is 0 Å². The number of hydrogen-bond donors (Lipinski definition) is 1. The predicted octanol–water partition coefficient (Wildman–Crippen LogP) is 2.58. The van der Waals surface area contributed by atoms with Crippen LogP contribution in [0.2, 0.25) is 0.515 Å². The van der Waals surface area contributed by atoms with Crippen LogP contribution in [0.25, 0.3) is 0 Å². The van der Waals surface area contributed by atoms with Crippen molar-refractivity contribution in [2.75, 3.05) is 4.90 Å². The fraction of sp³-hybridized carbons (Fsp3) is 0.571. The molecular formula is C14H20KNO3S. The molecule has 0 aliphatic carbocycles. The van der Waals surface area contributed by atoms with E-state index in [0.29, 0.717) is 55.4 Å². The van der Waals surface area contributed by atoms with Gasteiger partial charge in [0, 0.05) is 0 Å². The topological polar surface area (TPSA) is 57.6 Å². The first-order valence-corrected chi connectivity index (χ1v) is 10.7. The molecule has 1 aliphatic heterocycles. The van der Waals surface area contributed by atoms with Crippen molar-refractivity contribution in [1.29, 1.82) is 0 Å². The summed E-state index contributed by atoms with van der Waals surface area (Å²) in [6, 6.07) is 7.93. The van der Waals surface area contributed by atoms with E-state index in [1.165, 1.54) is 5.56 Å². The Labute approximate surface area is 155 Å². The number of para-hydroxylation sites is 1. The van der Waals surface area contributed by atoms with E-state index in [9.17, 15) is 13.0 Å². The zero-order chi connectivity index (χ0) is 15.1. The van der Waals surface area contributed by atoms with E-state index in [0.717, 1.165) is 12.1 Å². The van der Waals surface area contributed by atoms with E-state index in [1.54, 1.807) is 0 Å². The van der Waals surface area contributed by atoms with E-state index >= 15 is 0 Å². The van der Waals surface area contributed by atoms with Crippen LogP contribution < -0.4 is 4.90 Å². The third-order valence-corrected chi connectivity index (χ3v) is 7.53. The normalized spacial score (nSPS) is 23.3. The molecule has 0 saturated carbocycles. The van der Waals surface area contributed by atoms with E-state index in [1.807, 2.05) is 23.1 Å². The van der Waals surface area contributed by atoms with Crippen LogP contribution in [-0.2, 0) is 10.1 Å². The summed E-state index contributed by atoms with van der Waals surface area (Å²) in [5, 5.41) is -0.814. The number of hydrogen-bond acceptors (Lipinski definition) is 3. The molecule has 2 rings (SSSR count). The number of nitrogens with zero attached hydrogens (tertiary/aromatic N) is 1. The number of fused-ring (bicyclic) bond motifs is 1. The van der Waals surface area contributed by atoms with Crippen LogP contribution >= 0.6 is 0 Å². The standard InChI is InChI=1S/C14H20NO3S.K/c1-10-9-14(3,4)15(11(2)19(16,17)18)13-8-6-5-7-12(10)13;/h5-8,10-11H,2,9H2,1,3-4H3,(H,16,17,18);. The van der Waals surface area contributed by atoms with Crippen molar-refractivity contribution in [3.63, 3.8) is 0 Å². The van der Waals surface area contributed by atoms with Gasteiger partial charge in [-0.15, -0.1) is 0 Å². The first-order chi connectivity index (χ1) is 9.18. The molecule has 0 fully saturated rings. The fourth-order valence-electron chi connectivity index (χ4n) is 3.48. The Balaban J connectivity index is 2.63. The second-order valence-corrected chi connectivity index (χ2v) is 9.07. The van der Waals surface area contributed by atoms with Gasteiger partial charge >= 0.3 is 157 Å². The maximum absolute atomic E-state index is 11.8. The molecule has 0 aromatic heterocycles. The van der Waals surface area contributed by atoms with Gasteiger partial charge in [0.05, 0.1) is 0 Å². The summed E-state index contributed by atoms with van der Waals surface area (Å²) < 4.78 is 33.7. The average Bonchev–Trinajstić information content (AvgIpc) is 2.32. The van der Waals surface area contributed by atoms with E-state index in [-0.39, 0.29) is 5.54 Å². The summed E-state index contributed by atoms with van der Waals surface area (Å²) in [4.78, 5) is 1.92. The van der Waals surface area contributed by atoms with Crippen LogP contribution in [0, 0.1) is 0 Å². The maximum atomic E-state index is 11.8. The van der Waals surface area contributed by atoms with Gasteiger partial charge in [0.15, 0.2) is 0 Å². The van der Waals surface area contributed by atoms with Crippen molar-refractivity contribution in [2.24, 2.45) is 0 Å². The van der Waals surface area contributed by atoms with Gasteiger partial charge in [-0.05, 0) is 0 Å². The van der Waals surface area contributed by atoms with Crippen LogP contribution in [0.15, 0.2) is 24.3 Å². The molecule has 0 saturated heterocycles. The number of benzene rings is 1. The molecule has 2 unspecified atom stereocenters. The zero-order valence-corrected chi connectivity index (χ0v) is 16.4. The van der Waals surface area contributed by atoms with Gasteiger partial charge in [-0.25, -0.2) is 0 Å². The van der Waals surface area contributed by atoms with E-state index < -0.39 is 15.5 Å². The molecule has 4 nitrogen and oxygen atoms in total. The summed E-state index contributed by atoms with van der Waals surface area (Å²) in [7, 11) is -4.07. The van der Waals surface area contributed by atoms with Gasteiger partial charge in [0.2, 0.25) is 0 Å². The Morgan fingerprint density at radius 1 is 1.45 bits per heavy atom. The van der Waals surface area contributed by atoms with Crippen LogP contribution in [0.1, 0.15) is 38.7 Å². The van der Waals surface area contributed by atoms with Crippen molar-refractivity contribution in [1.82, 2.24) is 0 Å². The third kappa shape index (κ3) is 3.16. The molecule has 0 amide bonds. The summed E-state index contributed by atoms with van der Waals surface area (Å²) >= 11 is 0.349. The molecule has 1 heterocycles. The molecule has 1 aromatic carbocycles. The van der Waals surface area contributed by atoms with Crippen LogP contribution in [0.3, 0.4) is 0 Å². The summed E-state index contributed by atoms with van der Waals surface area (Å²) in [6.07, 6.45) is 0.878. The molecule has 0 radical (unpaired) electrons. The molecular weight excluding hydrogens is 301 g/mol. The molecule has 20 heavy (non-hydrogen) atoms. The Morgan fingerprint density at radius 3 is 2.60 bits per heavy atom. The van der Waals surface area contributed by atoms with Crippen molar-refractivity contribution >= 4 is 64.8 Å². The Hall–Kier alpha value is 0.566. The number of rotatable bonds is 3. The summed E-state index contributed by atoms with van der Waals surface area (Å²) in [5.41, 5.74) is 1.83. The van der Waals surface area contributed by atoms with Gasteiger partial charge in [0.25, 0.3) is 0 Å². The molecule has 1 aliphatic rings. The minimum absolute atomic E-state index is 0.285. The Morgan fingerprint density at radius 2 is 2.05 bits per heavy atom. The SMILES string of the molecule is CC1CC(C)(C)N(C([CH2][K])S(=O)(=O)O)c2ccccc21. The molecule has 0 spiro atoms. The van der Waals surface area contributed by atoms with Crippen LogP contribution in [0.4, 0.5) is 5.69 Å².